The van der Waals surface area contributed by atoms with Crippen LogP contribution in [0.4, 0.5) is 11.5 Å². The van der Waals surface area contributed by atoms with Crippen LogP contribution in [0.15, 0.2) is 52.0 Å². The molecule has 0 unspecified atom stereocenters. The Bertz CT molecular complexity index is 1120. The van der Waals surface area contributed by atoms with E-state index in [0.717, 1.165) is 0 Å². The van der Waals surface area contributed by atoms with Crippen LogP contribution in [-0.4, -0.2) is 34.4 Å². The number of sulfonamides is 1. The molecule has 146 valence electrons. The average Bonchev–Trinajstić information content (AvgIpc) is 3.23. The van der Waals surface area contributed by atoms with Crippen LogP contribution in [0.25, 0.3) is 0 Å². The first kappa shape index (κ1) is 19.5. The fraction of sp³-hybridized carbons (Fsp3) is 0.125. The van der Waals surface area contributed by atoms with Crippen LogP contribution in [-0.2, 0) is 17.1 Å². The van der Waals surface area contributed by atoms with E-state index in [-0.39, 0.29) is 21.5 Å². The van der Waals surface area contributed by atoms with E-state index in [2.05, 4.69) is 25.6 Å². The van der Waals surface area contributed by atoms with Gasteiger partial charge in [-0.05, 0) is 49.5 Å². The van der Waals surface area contributed by atoms with E-state index in [9.17, 15) is 13.2 Å². The monoisotopic (exact) mass is 420 g/mol. The molecule has 3 aromatic rings. The molecule has 10 nitrogen and oxygen atoms in total. The van der Waals surface area contributed by atoms with Crippen LogP contribution < -0.4 is 15.4 Å². The molecule has 28 heavy (non-hydrogen) atoms. The van der Waals surface area contributed by atoms with Crippen molar-refractivity contribution in [3.63, 3.8) is 0 Å². The molecule has 0 atom stereocenters. The lowest BCUT2D eigenvalue weighted by atomic mass is 10.3. The number of hydrogen-bond acceptors (Lipinski definition) is 7. The first-order chi connectivity index (χ1) is 13.2. The molecule has 0 saturated heterocycles. The molecule has 2 heterocycles. The van der Waals surface area contributed by atoms with Crippen molar-refractivity contribution in [3.05, 3.63) is 54.0 Å². The third-order valence-corrected chi connectivity index (χ3v) is 5.04. The number of hydrogen-bond donors (Lipinski definition) is 3. The largest absolute Gasteiger partial charge is 0.360 e. The highest BCUT2D eigenvalue weighted by atomic mass is 32.2. The third kappa shape index (κ3) is 4.72. The van der Waals surface area contributed by atoms with Gasteiger partial charge in [0.05, 0.1) is 4.90 Å². The summed E-state index contributed by atoms with van der Waals surface area (Å²) >= 11 is 5.09. The Hall–Kier alpha value is -3.25. The lowest BCUT2D eigenvalue weighted by molar-refractivity contribution is 0.0972. The molecule has 0 radical (unpaired) electrons. The van der Waals surface area contributed by atoms with Gasteiger partial charge in [-0.1, -0.05) is 5.16 Å². The Labute approximate surface area is 166 Å². The zero-order valence-corrected chi connectivity index (χ0v) is 16.5. The van der Waals surface area contributed by atoms with Gasteiger partial charge in [-0.3, -0.25) is 19.5 Å². The number of carbonyl (C=O) groups excluding carboxylic acids is 1. The van der Waals surface area contributed by atoms with Crippen molar-refractivity contribution in [2.45, 2.75) is 11.8 Å². The number of carbonyl (C=O) groups is 1. The van der Waals surface area contributed by atoms with Crippen LogP contribution in [0.1, 0.15) is 16.2 Å². The van der Waals surface area contributed by atoms with Crippen LogP contribution in [0.5, 0.6) is 0 Å². The van der Waals surface area contributed by atoms with Gasteiger partial charge in [0, 0.05) is 25.0 Å². The lowest BCUT2D eigenvalue weighted by Gasteiger charge is -2.10. The van der Waals surface area contributed by atoms with Crippen molar-refractivity contribution in [2.75, 3.05) is 10.0 Å². The second-order valence-corrected chi connectivity index (χ2v) is 7.83. The van der Waals surface area contributed by atoms with Crippen molar-refractivity contribution in [2.24, 2.45) is 7.05 Å². The number of amides is 1. The van der Waals surface area contributed by atoms with Crippen molar-refractivity contribution in [1.29, 1.82) is 0 Å². The maximum absolute atomic E-state index is 12.3. The SMILES string of the molecule is Cc1cc(NS(=O)(=O)c2ccc(NC(=S)NC(=O)c3ccn(C)n3)cc2)no1. The van der Waals surface area contributed by atoms with Gasteiger partial charge in [0.25, 0.3) is 15.9 Å². The Morgan fingerprint density at radius 3 is 2.50 bits per heavy atom. The molecule has 0 bridgehead atoms. The van der Waals surface area contributed by atoms with Crippen LogP contribution in [0.2, 0.25) is 0 Å². The number of nitrogens with one attached hydrogen (secondary N) is 3. The topological polar surface area (TPSA) is 131 Å². The van der Waals surface area contributed by atoms with Gasteiger partial charge >= 0.3 is 0 Å². The number of benzene rings is 1. The van der Waals surface area contributed by atoms with E-state index in [1.807, 2.05) is 0 Å². The normalized spacial score (nSPS) is 11.1. The first-order valence-electron chi connectivity index (χ1n) is 7.91. The first-order valence-corrected chi connectivity index (χ1v) is 9.80. The van der Waals surface area contributed by atoms with Crippen LogP contribution in [0, 0.1) is 6.92 Å². The number of aromatic nitrogens is 3. The minimum absolute atomic E-state index is 0.0298. The third-order valence-electron chi connectivity index (χ3n) is 3.46. The van der Waals surface area contributed by atoms with Gasteiger partial charge in [0.15, 0.2) is 16.6 Å². The van der Waals surface area contributed by atoms with E-state index in [0.29, 0.717) is 11.4 Å². The van der Waals surface area contributed by atoms with Crippen molar-refractivity contribution >= 4 is 44.8 Å². The van der Waals surface area contributed by atoms with Gasteiger partial charge < -0.3 is 9.84 Å². The Morgan fingerprint density at radius 1 is 1.21 bits per heavy atom. The predicted molar refractivity (Wildman–Crippen MR) is 105 cm³/mol. The average molecular weight is 420 g/mol. The summed E-state index contributed by atoms with van der Waals surface area (Å²) in [4.78, 5) is 12.0. The highest BCUT2D eigenvalue weighted by molar-refractivity contribution is 7.92. The summed E-state index contributed by atoms with van der Waals surface area (Å²) in [5.41, 5.74) is 0.727. The predicted octanol–water partition coefficient (Wildman–Crippen LogP) is 1.64. The highest BCUT2D eigenvalue weighted by Gasteiger charge is 2.16. The van der Waals surface area contributed by atoms with E-state index >= 15 is 0 Å². The van der Waals surface area contributed by atoms with Gasteiger partial charge in [-0.15, -0.1) is 0 Å². The number of rotatable bonds is 5. The Morgan fingerprint density at radius 2 is 1.93 bits per heavy atom. The summed E-state index contributed by atoms with van der Waals surface area (Å²) in [5.74, 6) is 0.126. The zero-order chi connectivity index (χ0) is 20.3. The zero-order valence-electron chi connectivity index (χ0n) is 14.8. The van der Waals surface area contributed by atoms with E-state index in [1.165, 1.54) is 35.0 Å². The molecule has 1 amide bonds. The second kappa shape index (κ2) is 7.78. The van der Waals surface area contributed by atoms with Gasteiger partial charge in [-0.25, -0.2) is 8.42 Å². The van der Waals surface area contributed by atoms with E-state index in [4.69, 9.17) is 16.7 Å². The summed E-state index contributed by atoms with van der Waals surface area (Å²) in [5, 5.41) is 12.9. The molecule has 0 aliphatic rings. The summed E-state index contributed by atoms with van der Waals surface area (Å²) < 4.78 is 33.3. The minimum Gasteiger partial charge on any atom is -0.360 e. The van der Waals surface area contributed by atoms with Crippen LogP contribution >= 0.6 is 12.2 Å². The molecule has 0 aliphatic carbocycles. The summed E-state index contributed by atoms with van der Waals surface area (Å²) in [6.45, 7) is 1.65. The van der Waals surface area contributed by atoms with Crippen LogP contribution in [0.3, 0.4) is 0 Å². The summed E-state index contributed by atoms with van der Waals surface area (Å²) in [6.07, 6.45) is 1.64. The van der Waals surface area contributed by atoms with Crippen molar-refractivity contribution < 1.29 is 17.7 Å². The molecular formula is C16H16N6O4S2. The van der Waals surface area contributed by atoms with Crippen molar-refractivity contribution in [1.82, 2.24) is 20.3 Å². The number of anilines is 2. The smallest absolute Gasteiger partial charge is 0.277 e. The molecule has 12 heteroatoms. The minimum atomic E-state index is -3.81. The number of thiocarbonyl (C=S) groups is 1. The maximum Gasteiger partial charge on any atom is 0.277 e. The molecule has 2 aromatic heterocycles. The highest BCUT2D eigenvalue weighted by Crippen LogP contribution is 2.18. The molecule has 0 fully saturated rings. The van der Waals surface area contributed by atoms with Crippen molar-refractivity contribution in [3.8, 4) is 0 Å². The fourth-order valence-electron chi connectivity index (χ4n) is 2.19. The molecule has 0 saturated carbocycles. The Balaban J connectivity index is 1.62. The molecule has 0 spiro atoms. The quantitative estimate of drug-likeness (QED) is 0.531. The number of aryl methyl sites for hydroxylation is 2. The molecule has 3 rings (SSSR count). The summed E-state index contributed by atoms with van der Waals surface area (Å²) in [6, 6.07) is 8.84. The standard InChI is InChI=1S/C16H16N6O4S2/c1-10-9-14(20-26-10)21-28(24,25)12-5-3-11(4-6-12)17-16(27)18-15(23)13-7-8-22(2)19-13/h3-9H,1-2H3,(H,20,21)(H2,17,18,23,27). The van der Waals surface area contributed by atoms with Gasteiger partial charge in [-0.2, -0.15) is 5.10 Å². The van der Waals surface area contributed by atoms with E-state index < -0.39 is 15.9 Å². The number of nitrogens with zero attached hydrogens (tertiary/aromatic N) is 3. The molecular weight excluding hydrogens is 404 g/mol. The summed E-state index contributed by atoms with van der Waals surface area (Å²) in [7, 11) is -2.12. The molecule has 1 aromatic carbocycles. The van der Waals surface area contributed by atoms with Gasteiger partial charge in [0.2, 0.25) is 0 Å². The maximum atomic E-state index is 12.3. The molecule has 0 aliphatic heterocycles. The second-order valence-electron chi connectivity index (χ2n) is 5.74. The fourth-order valence-corrected chi connectivity index (χ4v) is 3.39. The lowest BCUT2D eigenvalue weighted by Crippen LogP contribution is -2.34. The van der Waals surface area contributed by atoms with Gasteiger partial charge in [0.1, 0.15) is 5.76 Å². The molecule has 3 N–H and O–H groups in total. The van der Waals surface area contributed by atoms with E-state index in [1.54, 1.807) is 26.2 Å². The Kier molecular flexibility index (Phi) is 5.42.